The van der Waals surface area contributed by atoms with Gasteiger partial charge in [0.2, 0.25) is 5.91 Å². The van der Waals surface area contributed by atoms with Crippen molar-refractivity contribution in [3.8, 4) is 0 Å². The first kappa shape index (κ1) is 13.6. The molecule has 1 amide bonds. The average Bonchev–Trinajstić information content (AvgIpc) is 3.25. The van der Waals surface area contributed by atoms with Crippen LogP contribution in [0.25, 0.3) is 0 Å². The Labute approximate surface area is 123 Å². The first-order valence-corrected chi connectivity index (χ1v) is 6.95. The molecule has 0 heterocycles. The lowest BCUT2D eigenvalue weighted by Crippen LogP contribution is -2.28. The summed E-state index contributed by atoms with van der Waals surface area (Å²) in [6.45, 7) is 1.85. The lowest BCUT2D eigenvalue weighted by Gasteiger charge is -2.17. The molecule has 3 N–H and O–H groups in total. The molecule has 0 radical (unpaired) electrons. The number of halogens is 1. The Morgan fingerprint density at radius 3 is 2.48 bits per heavy atom. The molecule has 0 atom stereocenters. The molecule has 3 rings (SSSR count). The molecular weight excluding hydrogens is 267 g/mol. The van der Waals surface area contributed by atoms with E-state index in [1.165, 1.54) is 12.1 Å². The maximum Gasteiger partial charge on any atom is 0.235 e. The van der Waals surface area contributed by atoms with E-state index in [0.29, 0.717) is 11.4 Å². The van der Waals surface area contributed by atoms with Crippen molar-refractivity contribution >= 4 is 17.3 Å². The molecule has 2 aromatic carbocycles. The Balaban J connectivity index is 1.85. The number of amides is 1. The monoisotopic (exact) mass is 284 g/mol. The van der Waals surface area contributed by atoms with Crippen LogP contribution in [0.3, 0.4) is 0 Å². The minimum atomic E-state index is -0.494. The van der Waals surface area contributed by atoms with Crippen LogP contribution < -0.4 is 11.1 Å². The number of nitrogen functional groups attached to an aromatic ring is 1. The minimum absolute atomic E-state index is 0.0824. The van der Waals surface area contributed by atoms with Crippen LogP contribution in [0.4, 0.5) is 15.8 Å². The maximum atomic E-state index is 13.3. The van der Waals surface area contributed by atoms with E-state index in [1.54, 1.807) is 18.2 Å². The smallest absolute Gasteiger partial charge is 0.235 e. The largest absolute Gasteiger partial charge is 0.399 e. The van der Waals surface area contributed by atoms with Gasteiger partial charge in [0.15, 0.2) is 0 Å². The van der Waals surface area contributed by atoms with Crippen LogP contribution in [0.5, 0.6) is 0 Å². The van der Waals surface area contributed by atoms with Crippen LogP contribution in [-0.4, -0.2) is 5.91 Å². The summed E-state index contributed by atoms with van der Waals surface area (Å²) in [6, 6.07) is 11.8. The number of carbonyl (C=O) groups excluding carboxylic acids is 1. The second-order valence-electron chi connectivity index (χ2n) is 5.62. The molecule has 0 unspecified atom stereocenters. The molecule has 21 heavy (non-hydrogen) atoms. The number of nitrogens with one attached hydrogen (secondary N) is 1. The van der Waals surface area contributed by atoms with Gasteiger partial charge in [0, 0.05) is 11.4 Å². The highest BCUT2D eigenvalue weighted by atomic mass is 19.1. The Morgan fingerprint density at radius 2 is 1.86 bits per heavy atom. The zero-order valence-electron chi connectivity index (χ0n) is 11.8. The second-order valence-corrected chi connectivity index (χ2v) is 5.62. The van der Waals surface area contributed by atoms with E-state index in [4.69, 9.17) is 5.73 Å². The van der Waals surface area contributed by atoms with Crippen molar-refractivity contribution in [2.24, 2.45) is 0 Å². The molecule has 0 bridgehead atoms. The van der Waals surface area contributed by atoms with Gasteiger partial charge in [0.05, 0.1) is 5.41 Å². The molecule has 0 aromatic heterocycles. The summed E-state index contributed by atoms with van der Waals surface area (Å²) < 4.78 is 13.3. The van der Waals surface area contributed by atoms with Gasteiger partial charge < -0.3 is 11.1 Å². The molecule has 108 valence electrons. The van der Waals surface area contributed by atoms with Crippen LogP contribution in [-0.2, 0) is 10.2 Å². The second kappa shape index (κ2) is 4.88. The van der Waals surface area contributed by atoms with Gasteiger partial charge in [-0.3, -0.25) is 4.79 Å². The molecule has 3 nitrogen and oxygen atoms in total. The lowest BCUT2D eigenvalue weighted by molar-refractivity contribution is -0.118. The van der Waals surface area contributed by atoms with Gasteiger partial charge in [-0.2, -0.15) is 0 Å². The predicted molar refractivity (Wildman–Crippen MR) is 81.5 cm³/mol. The summed E-state index contributed by atoms with van der Waals surface area (Å²) in [5, 5.41) is 2.86. The summed E-state index contributed by atoms with van der Waals surface area (Å²) in [4.78, 5) is 12.6. The van der Waals surface area contributed by atoms with Crippen LogP contribution >= 0.6 is 0 Å². The average molecular weight is 284 g/mol. The maximum absolute atomic E-state index is 13.3. The third-order valence-electron chi connectivity index (χ3n) is 4.10. The molecule has 0 spiro atoms. The minimum Gasteiger partial charge on any atom is -0.399 e. The Kier molecular flexibility index (Phi) is 3.16. The van der Waals surface area contributed by atoms with Gasteiger partial charge in [-0.1, -0.05) is 18.2 Å². The molecule has 1 fully saturated rings. The van der Waals surface area contributed by atoms with Crippen LogP contribution in [0.1, 0.15) is 24.0 Å². The van der Waals surface area contributed by atoms with Gasteiger partial charge in [-0.15, -0.1) is 0 Å². The van der Waals surface area contributed by atoms with Gasteiger partial charge in [-0.25, -0.2) is 4.39 Å². The fraction of sp³-hybridized carbons (Fsp3) is 0.235. The number of carbonyl (C=O) groups is 1. The van der Waals surface area contributed by atoms with Crippen LogP contribution in [0.2, 0.25) is 0 Å². The standard InChI is InChI=1S/C17H17FN2O/c1-11-2-5-13(18)10-15(11)20-16(21)17(8-9-17)12-3-6-14(19)7-4-12/h2-7,10H,8-9,19H2,1H3,(H,20,21). The SMILES string of the molecule is Cc1ccc(F)cc1NC(=O)C1(c2ccc(N)cc2)CC1. The molecule has 1 aliphatic rings. The Morgan fingerprint density at radius 1 is 1.19 bits per heavy atom. The van der Waals surface area contributed by atoms with E-state index in [9.17, 15) is 9.18 Å². The van der Waals surface area contributed by atoms with Gasteiger partial charge in [-0.05, 0) is 55.2 Å². The molecule has 2 aromatic rings. The van der Waals surface area contributed by atoms with Crippen molar-refractivity contribution < 1.29 is 9.18 Å². The molecule has 0 aliphatic heterocycles. The molecule has 0 saturated heterocycles. The summed E-state index contributed by atoms with van der Waals surface area (Å²) in [7, 11) is 0. The van der Waals surface area contributed by atoms with E-state index < -0.39 is 5.41 Å². The lowest BCUT2D eigenvalue weighted by atomic mass is 9.94. The normalized spacial score (nSPS) is 15.5. The first-order chi connectivity index (χ1) is 10.0. The molecular formula is C17H17FN2O. The number of aryl methyl sites for hydroxylation is 1. The quantitative estimate of drug-likeness (QED) is 0.849. The van der Waals surface area contributed by atoms with Crippen LogP contribution in [0.15, 0.2) is 42.5 Å². The number of hydrogen-bond acceptors (Lipinski definition) is 2. The zero-order valence-corrected chi connectivity index (χ0v) is 11.8. The van der Waals surface area contributed by atoms with Crippen molar-refractivity contribution in [2.45, 2.75) is 25.2 Å². The van der Waals surface area contributed by atoms with Crippen molar-refractivity contribution in [1.29, 1.82) is 0 Å². The van der Waals surface area contributed by atoms with Gasteiger partial charge in [0.25, 0.3) is 0 Å². The summed E-state index contributed by atoms with van der Waals surface area (Å²) in [5.74, 6) is -0.436. The fourth-order valence-electron chi connectivity index (χ4n) is 2.54. The summed E-state index contributed by atoms with van der Waals surface area (Å²) in [5.41, 5.74) is 8.20. The van der Waals surface area contributed by atoms with E-state index in [1.807, 2.05) is 19.1 Å². The molecule has 1 aliphatic carbocycles. The van der Waals surface area contributed by atoms with E-state index in [2.05, 4.69) is 5.32 Å². The Bertz CT molecular complexity index is 690. The molecule has 1 saturated carbocycles. The number of rotatable bonds is 3. The highest BCUT2D eigenvalue weighted by Crippen LogP contribution is 2.49. The third-order valence-corrected chi connectivity index (χ3v) is 4.10. The van der Waals surface area contributed by atoms with E-state index in [-0.39, 0.29) is 11.7 Å². The Hall–Kier alpha value is -2.36. The number of nitrogens with two attached hydrogens (primary N) is 1. The number of anilines is 2. The third kappa shape index (κ3) is 2.49. The topological polar surface area (TPSA) is 55.1 Å². The summed E-state index contributed by atoms with van der Waals surface area (Å²) >= 11 is 0. The van der Waals surface area contributed by atoms with Gasteiger partial charge >= 0.3 is 0 Å². The molecule has 4 heteroatoms. The van der Waals surface area contributed by atoms with E-state index in [0.717, 1.165) is 24.0 Å². The highest BCUT2D eigenvalue weighted by Gasteiger charge is 2.51. The van der Waals surface area contributed by atoms with E-state index >= 15 is 0 Å². The highest BCUT2D eigenvalue weighted by molar-refractivity contribution is 6.01. The van der Waals surface area contributed by atoms with Crippen LogP contribution in [0, 0.1) is 12.7 Å². The van der Waals surface area contributed by atoms with Crippen molar-refractivity contribution in [3.05, 3.63) is 59.4 Å². The van der Waals surface area contributed by atoms with Crippen molar-refractivity contribution in [1.82, 2.24) is 0 Å². The number of benzene rings is 2. The van der Waals surface area contributed by atoms with Crippen molar-refractivity contribution in [2.75, 3.05) is 11.1 Å². The fourth-order valence-corrected chi connectivity index (χ4v) is 2.54. The van der Waals surface area contributed by atoms with Gasteiger partial charge in [0.1, 0.15) is 5.82 Å². The first-order valence-electron chi connectivity index (χ1n) is 6.95. The number of hydrogen-bond donors (Lipinski definition) is 2. The summed E-state index contributed by atoms with van der Waals surface area (Å²) in [6.07, 6.45) is 1.61. The van der Waals surface area contributed by atoms with Crippen molar-refractivity contribution in [3.63, 3.8) is 0 Å². The zero-order chi connectivity index (χ0) is 15.0. The predicted octanol–water partition coefficient (Wildman–Crippen LogP) is 3.39.